The van der Waals surface area contributed by atoms with E-state index in [4.69, 9.17) is 14.9 Å². The van der Waals surface area contributed by atoms with Gasteiger partial charge < -0.3 is 24.7 Å². The highest BCUT2D eigenvalue weighted by atomic mass is 16.5. The third-order valence-corrected chi connectivity index (χ3v) is 6.61. The lowest BCUT2D eigenvalue weighted by molar-refractivity contribution is 0.0661. The van der Waals surface area contributed by atoms with Crippen LogP contribution in [0.3, 0.4) is 0 Å². The number of para-hydroxylation sites is 1. The number of carbonyl (C=O) groups is 1. The Morgan fingerprint density at radius 2 is 1.88 bits per heavy atom. The number of ether oxygens (including phenoxy) is 1. The Hall–Kier alpha value is -3.74. The highest BCUT2D eigenvalue weighted by Crippen LogP contribution is 2.32. The highest BCUT2D eigenvalue weighted by Gasteiger charge is 2.26. The topological polar surface area (TPSA) is 84.3 Å². The molecule has 0 spiro atoms. The molecular formula is C27H30N4O3. The maximum atomic E-state index is 12.9. The first-order chi connectivity index (χ1) is 16.6. The van der Waals surface area contributed by atoms with E-state index < -0.39 is 0 Å². The molecule has 7 nitrogen and oxygen atoms in total. The molecule has 1 aliphatic heterocycles. The number of carbonyl (C=O) groups excluding carboxylic acids is 1. The van der Waals surface area contributed by atoms with Gasteiger partial charge in [-0.2, -0.15) is 0 Å². The number of hydrogen-bond donors (Lipinski definition) is 1. The smallest absolute Gasteiger partial charge is 0.289 e. The van der Waals surface area contributed by atoms with Crippen molar-refractivity contribution >= 4 is 17.6 Å². The molecule has 3 aromatic rings. The van der Waals surface area contributed by atoms with Crippen LogP contribution in [0.15, 0.2) is 70.1 Å². The van der Waals surface area contributed by atoms with E-state index in [1.165, 1.54) is 19.3 Å². The molecule has 176 valence electrons. The Labute approximate surface area is 199 Å². The number of benzene rings is 2. The summed E-state index contributed by atoms with van der Waals surface area (Å²) in [6.07, 6.45) is 5.74. The molecule has 7 heteroatoms. The van der Waals surface area contributed by atoms with Gasteiger partial charge in [-0.25, -0.2) is 4.99 Å². The molecule has 34 heavy (non-hydrogen) atoms. The van der Waals surface area contributed by atoms with Gasteiger partial charge in [-0.05, 0) is 55.3 Å². The third kappa shape index (κ3) is 4.78. The molecule has 2 heterocycles. The van der Waals surface area contributed by atoms with Gasteiger partial charge in [0.2, 0.25) is 0 Å². The molecule has 0 unspecified atom stereocenters. The Morgan fingerprint density at radius 3 is 2.68 bits per heavy atom. The first kappa shape index (κ1) is 22.1. The van der Waals surface area contributed by atoms with Crippen LogP contribution in [-0.4, -0.2) is 34.8 Å². The van der Waals surface area contributed by atoms with E-state index in [1.807, 2.05) is 71.4 Å². The van der Waals surface area contributed by atoms with Crippen molar-refractivity contribution < 1.29 is 13.9 Å². The Morgan fingerprint density at radius 1 is 1.09 bits per heavy atom. The first-order valence-corrected chi connectivity index (χ1v) is 11.9. The SMILES string of the molecule is CN(C(=O)c1ccc(CN2Cc3cc(Oc4ccccc4)ccc3N=C2N)o1)C1CCCCC1. The van der Waals surface area contributed by atoms with Crippen LogP contribution >= 0.6 is 0 Å². The van der Waals surface area contributed by atoms with Gasteiger partial charge >= 0.3 is 0 Å². The van der Waals surface area contributed by atoms with E-state index >= 15 is 0 Å². The number of nitrogens with two attached hydrogens (primary N) is 1. The minimum atomic E-state index is -0.0634. The number of nitrogens with zero attached hydrogens (tertiary/aromatic N) is 3. The largest absolute Gasteiger partial charge is 0.457 e. The summed E-state index contributed by atoms with van der Waals surface area (Å²) in [5.41, 5.74) is 8.09. The normalized spacial score (nSPS) is 16.0. The lowest BCUT2D eigenvalue weighted by atomic mass is 9.94. The molecule has 1 amide bonds. The van der Waals surface area contributed by atoms with E-state index in [1.54, 1.807) is 6.07 Å². The van der Waals surface area contributed by atoms with Crippen LogP contribution < -0.4 is 10.5 Å². The van der Waals surface area contributed by atoms with Crippen molar-refractivity contribution in [3.8, 4) is 11.5 Å². The summed E-state index contributed by atoms with van der Waals surface area (Å²) in [4.78, 5) is 21.2. The van der Waals surface area contributed by atoms with Crippen LogP contribution in [0.25, 0.3) is 0 Å². The second kappa shape index (κ2) is 9.63. The van der Waals surface area contributed by atoms with Crippen molar-refractivity contribution in [2.24, 2.45) is 10.7 Å². The van der Waals surface area contributed by atoms with Crippen LogP contribution in [0.5, 0.6) is 11.5 Å². The van der Waals surface area contributed by atoms with E-state index in [2.05, 4.69) is 4.99 Å². The fourth-order valence-corrected chi connectivity index (χ4v) is 4.68. The van der Waals surface area contributed by atoms with Crippen LogP contribution in [0.4, 0.5) is 5.69 Å². The molecule has 0 radical (unpaired) electrons. The number of furan rings is 1. The number of aliphatic imine (C=N–C) groups is 1. The van der Waals surface area contributed by atoms with Crippen LogP contribution in [0, 0.1) is 0 Å². The van der Waals surface area contributed by atoms with Gasteiger partial charge in [0.1, 0.15) is 17.3 Å². The van der Waals surface area contributed by atoms with Crippen LogP contribution in [0.2, 0.25) is 0 Å². The zero-order valence-electron chi connectivity index (χ0n) is 19.4. The van der Waals surface area contributed by atoms with Crippen molar-refractivity contribution in [2.45, 2.75) is 51.2 Å². The van der Waals surface area contributed by atoms with E-state index in [-0.39, 0.29) is 5.91 Å². The minimum absolute atomic E-state index is 0.0634. The summed E-state index contributed by atoms with van der Waals surface area (Å²) < 4.78 is 11.9. The highest BCUT2D eigenvalue weighted by molar-refractivity contribution is 5.91. The van der Waals surface area contributed by atoms with E-state index in [9.17, 15) is 4.79 Å². The first-order valence-electron chi connectivity index (χ1n) is 11.9. The number of rotatable bonds is 6. The lowest BCUT2D eigenvalue weighted by Gasteiger charge is -2.30. The Kier molecular flexibility index (Phi) is 6.25. The van der Waals surface area contributed by atoms with Gasteiger partial charge in [-0.1, -0.05) is 37.5 Å². The van der Waals surface area contributed by atoms with Gasteiger partial charge in [0.05, 0.1) is 12.2 Å². The monoisotopic (exact) mass is 458 g/mol. The molecule has 2 aliphatic rings. The van der Waals surface area contributed by atoms with Crippen molar-refractivity contribution in [3.63, 3.8) is 0 Å². The van der Waals surface area contributed by atoms with Crippen molar-refractivity contribution in [2.75, 3.05) is 7.05 Å². The van der Waals surface area contributed by atoms with Gasteiger partial charge in [-0.15, -0.1) is 0 Å². The summed E-state index contributed by atoms with van der Waals surface area (Å²) >= 11 is 0. The molecule has 0 atom stereocenters. The number of guanidine groups is 1. The van der Waals surface area contributed by atoms with E-state index in [0.717, 1.165) is 35.6 Å². The van der Waals surface area contributed by atoms with Gasteiger partial charge in [-0.3, -0.25) is 4.79 Å². The van der Waals surface area contributed by atoms with Crippen LogP contribution in [0.1, 0.15) is 54.0 Å². The van der Waals surface area contributed by atoms with Gasteiger partial charge in [0.25, 0.3) is 5.91 Å². The average molecular weight is 459 g/mol. The second-order valence-corrected chi connectivity index (χ2v) is 9.01. The average Bonchev–Trinajstić information content (AvgIpc) is 3.33. The maximum absolute atomic E-state index is 12.9. The van der Waals surface area contributed by atoms with E-state index in [0.29, 0.717) is 36.6 Å². The summed E-state index contributed by atoms with van der Waals surface area (Å²) in [7, 11) is 1.88. The lowest BCUT2D eigenvalue weighted by Crippen LogP contribution is -2.38. The fourth-order valence-electron chi connectivity index (χ4n) is 4.68. The summed E-state index contributed by atoms with van der Waals surface area (Å²) in [5.74, 6) is 2.94. The Balaban J connectivity index is 1.26. The van der Waals surface area contributed by atoms with Crippen LogP contribution in [-0.2, 0) is 13.1 Å². The number of hydrogen-bond acceptors (Lipinski definition) is 6. The van der Waals surface area contributed by atoms with Crippen molar-refractivity contribution in [1.29, 1.82) is 0 Å². The quantitative estimate of drug-likeness (QED) is 0.532. The molecule has 0 saturated heterocycles. The standard InChI is InChI=1S/C27H30N4O3/c1-30(20-8-4-2-5-9-20)26(32)25-15-13-23(34-25)18-31-17-19-16-22(12-14-24(19)29-27(31)28)33-21-10-6-3-7-11-21/h3,6-7,10-16,20H,2,4-5,8-9,17-18H2,1H3,(H2,28,29). The molecule has 1 aliphatic carbocycles. The molecular weight excluding hydrogens is 428 g/mol. The number of fused-ring (bicyclic) bond motifs is 1. The van der Waals surface area contributed by atoms with Gasteiger partial charge in [0, 0.05) is 25.2 Å². The fraction of sp³-hybridized carbons (Fsp3) is 0.333. The predicted octanol–water partition coefficient (Wildman–Crippen LogP) is 5.44. The summed E-state index contributed by atoms with van der Waals surface area (Å²) in [5, 5.41) is 0. The number of amides is 1. The zero-order chi connectivity index (χ0) is 23.5. The van der Waals surface area contributed by atoms with Crippen molar-refractivity contribution in [1.82, 2.24) is 9.80 Å². The molecule has 2 aromatic carbocycles. The molecule has 2 N–H and O–H groups in total. The second-order valence-electron chi connectivity index (χ2n) is 9.01. The third-order valence-electron chi connectivity index (χ3n) is 6.61. The predicted molar refractivity (Wildman–Crippen MR) is 131 cm³/mol. The molecule has 0 bridgehead atoms. The van der Waals surface area contributed by atoms with Crippen molar-refractivity contribution in [3.05, 3.63) is 77.7 Å². The minimum Gasteiger partial charge on any atom is -0.457 e. The van der Waals surface area contributed by atoms with Gasteiger partial charge in [0.15, 0.2) is 11.7 Å². The molecule has 1 saturated carbocycles. The Bertz CT molecular complexity index is 1180. The molecule has 1 fully saturated rings. The molecule has 1 aromatic heterocycles. The zero-order valence-corrected chi connectivity index (χ0v) is 19.4. The summed E-state index contributed by atoms with van der Waals surface area (Å²) in [6.45, 7) is 1.00. The maximum Gasteiger partial charge on any atom is 0.289 e. The summed E-state index contributed by atoms with van der Waals surface area (Å²) in [6, 6.07) is 19.4. The molecule has 5 rings (SSSR count).